The van der Waals surface area contributed by atoms with E-state index in [1.54, 1.807) is 37.8 Å². The zero-order valence-corrected chi connectivity index (χ0v) is 16.2. The molecular weight excluding hydrogens is 368 g/mol. The van der Waals surface area contributed by atoms with Gasteiger partial charge in [0.2, 0.25) is 11.8 Å². The molecule has 7 nitrogen and oxygen atoms in total. The first-order valence-electron chi connectivity index (χ1n) is 9.57. The highest BCUT2D eigenvalue weighted by Gasteiger charge is 2.28. The van der Waals surface area contributed by atoms with Crippen LogP contribution in [-0.4, -0.2) is 46.0 Å². The Morgan fingerprint density at radius 1 is 1.00 bits per heavy atom. The number of ether oxygens (including phenoxy) is 2. The van der Waals surface area contributed by atoms with Crippen molar-refractivity contribution in [1.82, 2.24) is 19.9 Å². The third-order valence-corrected chi connectivity index (χ3v) is 5.01. The van der Waals surface area contributed by atoms with Gasteiger partial charge in [-0.1, -0.05) is 18.2 Å². The van der Waals surface area contributed by atoms with Crippen molar-refractivity contribution in [2.45, 2.75) is 18.8 Å². The fourth-order valence-corrected chi connectivity index (χ4v) is 3.46. The highest BCUT2D eigenvalue weighted by molar-refractivity contribution is 5.94. The van der Waals surface area contributed by atoms with E-state index >= 15 is 0 Å². The van der Waals surface area contributed by atoms with Crippen molar-refractivity contribution in [1.29, 1.82) is 0 Å². The molecule has 3 aromatic rings. The number of nitrogens with zero attached hydrogens (tertiary/aromatic N) is 4. The van der Waals surface area contributed by atoms with Crippen LogP contribution in [0.15, 0.2) is 61.1 Å². The molecule has 148 valence electrons. The fourth-order valence-electron chi connectivity index (χ4n) is 3.46. The molecule has 0 saturated carbocycles. The number of para-hydroxylation sites is 1. The first-order valence-corrected chi connectivity index (χ1v) is 9.57. The summed E-state index contributed by atoms with van der Waals surface area (Å²) in [5, 5.41) is 0. The molecule has 1 aliphatic rings. The lowest BCUT2D eigenvalue weighted by molar-refractivity contribution is 0.0711. The van der Waals surface area contributed by atoms with E-state index in [1.807, 2.05) is 35.2 Å². The molecule has 2 aromatic heterocycles. The van der Waals surface area contributed by atoms with Gasteiger partial charge in [-0.05, 0) is 31.0 Å². The topological polar surface area (TPSA) is 77.4 Å². The molecule has 1 saturated heterocycles. The summed E-state index contributed by atoms with van der Waals surface area (Å²) in [6, 6.07) is 13.0. The minimum absolute atomic E-state index is 0.0153. The third kappa shape index (κ3) is 4.34. The first kappa shape index (κ1) is 18.9. The molecule has 0 spiro atoms. The summed E-state index contributed by atoms with van der Waals surface area (Å²) in [4.78, 5) is 27.6. The Morgan fingerprint density at radius 2 is 1.76 bits per heavy atom. The van der Waals surface area contributed by atoms with Gasteiger partial charge in [-0.3, -0.25) is 9.78 Å². The van der Waals surface area contributed by atoms with Gasteiger partial charge in [0.1, 0.15) is 11.4 Å². The number of carbonyl (C=O) groups excluding carboxylic acids is 1. The molecule has 4 rings (SSSR count). The average molecular weight is 390 g/mol. The average Bonchev–Trinajstić information content (AvgIpc) is 2.80. The summed E-state index contributed by atoms with van der Waals surface area (Å²) < 4.78 is 11.0. The molecule has 1 aromatic carbocycles. The monoisotopic (exact) mass is 390 g/mol. The molecule has 1 aliphatic heterocycles. The van der Waals surface area contributed by atoms with Gasteiger partial charge in [-0.15, -0.1) is 0 Å². The van der Waals surface area contributed by atoms with E-state index in [4.69, 9.17) is 9.47 Å². The Kier molecular flexibility index (Phi) is 5.65. The van der Waals surface area contributed by atoms with Crippen LogP contribution in [0.4, 0.5) is 0 Å². The molecule has 7 heteroatoms. The maximum atomic E-state index is 12.7. The van der Waals surface area contributed by atoms with E-state index in [0.29, 0.717) is 30.4 Å². The Morgan fingerprint density at radius 3 is 2.45 bits per heavy atom. The summed E-state index contributed by atoms with van der Waals surface area (Å²) in [6.07, 6.45) is 6.49. The molecule has 3 heterocycles. The molecule has 0 radical (unpaired) electrons. The Bertz CT molecular complexity index is 955. The lowest BCUT2D eigenvalue weighted by atomic mass is 9.93. The van der Waals surface area contributed by atoms with E-state index in [2.05, 4.69) is 15.0 Å². The van der Waals surface area contributed by atoms with Crippen LogP contribution in [0, 0.1) is 0 Å². The van der Waals surface area contributed by atoms with Crippen molar-refractivity contribution in [3.63, 3.8) is 0 Å². The maximum Gasteiger partial charge on any atom is 0.255 e. The van der Waals surface area contributed by atoms with Gasteiger partial charge in [0, 0.05) is 43.7 Å². The summed E-state index contributed by atoms with van der Waals surface area (Å²) in [5.74, 6) is 1.93. The summed E-state index contributed by atoms with van der Waals surface area (Å²) in [7, 11) is 1.55. The van der Waals surface area contributed by atoms with E-state index in [0.717, 1.165) is 24.3 Å². The largest absolute Gasteiger partial charge is 0.481 e. The standard InChI is InChI=1S/C22H22N4O3/c1-28-19-8-7-17(15-25-19)22(27)26-13-9-16(10-14-26)20-21(24-12-11-23-20)29-18-5-3-2-4-6-18/h2-8,11-12,15-16H,9-10,13-14H2,1H3. The van der Waals surface area contributed by atoms with Crippen LogP contribution in [0.25, 0.3) is 0 Å². The lowest BCUT2D eigenvalue weighted by Gasteiger charge is -2.32. The maximum absolute atomic E-state index is 12.7. The van der Waals surface area contributed by atoms with Gasteiger partial charge >= 0.3 is 0 Å². The zero-order chi connectivity index (χ0) is 20.1. The van der Waals surface area contributed by atoms with Crippen LogP contribution in [-0.2, 0) is 0 Å². The fraction of sp³-hybridized carbons (Fsp3) is 0.273. The van der Waals surface area contributed by atoms with Crippen molar-refractivity contribution < 1.29 is 14.3 Å². The first-order chi connectivity index (χ1) is 14.2. The van der Waals surface area contributed by atoms with Crippen LogP contribution in [0.2, 0.25) is 0 Å². The molecule has 0 N–H and O–H groups in total. The second-order valence-electron chi connectivity index (χ2n) is 6.82. The number of amides is 1. The number of methoxy groups -OCH3 is 1. The van der Waals surface area contributed by atoms with Crippen molar-refractivity contribution >= 4 is 5.91 Å². The summed E-state index contributed by atoms with van der Waals surface area (Å²) in [6.45, 7) is 1.30. The van der Waals surface area contributed by atoms with Gasteiger partial charge in [0.25, 0.3) is 5.91 Å². The van der Waals surface area contributed by atoms with E-state index in [-0.39, 0.29) is 11.8 Å². The van der Waals surface area contributed by atoms with E-state index in [9.17, 15) is 4.79 Å². The minimum atomic E-state index is -0.0153. The van der Waals surface area contributed by atoms with Crippen molar-refractivity contribution in [2.24, 2.45) is 0 Å². The summed E-state index contributed by atoms with van der Waals surface area (Å²) >= 11 is 0. The summed E-state index contributed by atoms with van der Waals surface area (Å²) in [5.41, 5.74) is 1.41. The van der Waals surface area contributed by atoms with Crippen LogP contribution in [0.5, 0.6) is 17.5 Å². The zero-order valence-electron chi connectivity index (χ0n) is 16.2. The Balaban J connectivity index is 1.42. The number of pyridine rings is 1. The van der Waals surface area contributed by atoms with Crippen molar-refractivity contribution in [3.8, 4) is 17.5 Å². The van der Waals surface area contributed by atoms with Crippen LogP contribution < -0.4 is 9.47 Å². The number of rotatable bonds is 5. The molecule has 0 unspecified atom stereocenters. The van der Waals surface area contributed by atoms with E-state index < -0.39 is 0 Å². The van der Waals surface area contributed by atoms with Gasteiger partial charge < -0.3 is 14.4 Å². The number of aromatic nitrogens is 3. The third-order valence-electron chi connectivity index (χ3n) is 5.01. The van der Waals surface area contributed by atoms with Crippen LogP contribution in [0.3, 0.4) is 0 Å². The van der Waals surface area contributed by atoms with Crippen molar-refractivity contribution in [2.75, 3.05) is 20.2 Å². The van der Waals surface area contributed by atoms with Gasteiger partial charge in [-0.25, -0.2) is 9.97 Å². The highest BCUT2D eigenvalue weighted by atomic mass is 16.5. The second-order valence-corrected chi connectivity index (χ2v) is 6.82. The number of piperidine rings is 1. The molecule has 29 heavy (non-hydrogen) atoms. The predicted octanol–water partition coefficient (Wildman–Crippen LogP) is 3.69. The minimum Gasteiger partial charge on any atom is -0.481 e. The smallest absolute Gasteiger partial charge is 0.255 e. The van der Waals surface area contributed by atoms with E-state index in [1.165, 1.54) is 0 Å². The molecule has 1 fully saturated rings. The van der Waals surface area contributed by atoms with Gasteiger partial charge in [0.05, 0.1) is 12.7 Å². The molecule has 0 aliphatic carbocycles. The SMILES string of the molecule is COc1ccc(C(=O)N2CCC(c3nccnc3Oc3ccccc3)CC2)cn1. The molecule has 0 bridgehead atoms. The molecular formula is C22H22N4O3. The Hall–Kier alpha value is -3.48. The predicted molar refractivity (Wildman–Crippen MR) is 107 cm³/mol. The lowest BCUT2D eigenvalue weighted by Crippen LogP contribution is -2.38. The van der Waals surface area contributed by atoms with Crippen molar-refractivity contribution in [3.05, 3.63) is 72.3 Å². The number of hydrogen-bond donors (Lipinski definition) is 0. The van der Waals surface area contributed by atoms with Crippen LogP contribution >= 0.6 is 0 Å². The Labute approximate surface area is 169 Å². The number of likely N-dealkylation sites (tertiary alicyclic amines) is 1. The number of hydrogen-bond acceptors (Lipinski definition) is 6. The van der Waals surface area contributed by atoms with Crippen LogP contribution in [0.1, 0.15) is 34.8 Å². The highest BCUT2D eigenvalue weighted by Crippen LogP contribution is 2.33. The number of carbonyl (C=O) groups is 1. The quantitative estimate of drug-likeness (QED) is 0.661. The molecule has 0 atom stereocenters. The van der Waals surface area contributed by atoms with Gasteiger partial charge in [-0.2, -0.15) is 0 Å². The normalized spacial score (nSPS) is 14.4. The number of benzene rings is 1. The molecule has 1 amide bonds. The second kappa shape index (κ2) is 8.68. The van der Waals surface area contributed by atoms with Gasteiger partial charge in [0.15, 0.2) is 0 Å².